The van der Waals surface area contributed by atoms with Gasteiger partial charge in [-0.2, -0.15) is 4.31 Å². The minimum absolute atomic E-state index is 0.230. The first kappa shape index (κ1) is 15.8. The molecule has 116 valence electrons. The van der Waals surface area contributed by atoms with Gasteiger partial charge in [-0.3, -0.25) is 0 Å². The second-order valence-corrected chi connectivity index (χ2v) is 6.47. The molecular weight excluding hydrogens is 308 g/mol. The zero-order valence-corrected chi connectivity index (χ0v) is 11.6. The lowest BCUT2D eigenvalue weighted by Gasteiger charge is -2.21. The Morgan fingerprint density at radius 2 is 1.95 bits per heavy atom. The van der Waals surface area contributed by atoms with Gasteiger partial charge in [0.15, 0.2) is 5.82 Å². The van der Waals surface area contributed by atoms with Crippen LogP contribution in [0.25, 0.3) is 0 Å². The van der Waals surface area contributed by atoms with Gasteiger partial charge in [-0.05, 0) is 25.0 Å². The number of rotatable bonds is 6. The molecule has 0 heterocycles. The Hall–Kier alpha value is -1.58. The molecule has 0 aliphatic heterocycles. The summed E-state index contributed by atoms with van der Waals surface area (Å²) in [7, 11) is -4.34. The molecule has 0 amide bonds. The molecule has 0 bridgehead atoms. The topological polar surface area (TPSA) is 94.9 Å². The molecule has 1 aliphatic rings. The molecule has 0 aromatic heterocycles. The van der Waals surface area contributed by atoms with Gasteiger partial charge in [0.05, 0.1) is 6.61 Å². The molecule has 0 unspecified atom stereocenters. The third-order valence-corrected chi connectivity index (χ3v) is 5.10. The van der Waals surface area contributed by atoms with Crippen LogP contribution in [-0.2, 0) is 10.0 Å². The molecule has 2 rings (SSSR count). The third kappa shape index (κ3) is 2.89. The molecule has 0 saturated heterocycles. The van der Waals surface area contributed by atoms with Crippen molar-refractivity contribution in [3.8, 4) is 0 Å². The van der Waals surface area contributed by atoms with Crippen LogP contribution in [0.2, 0.25) is 0 Å². The molecule has 0 spiro atoms. The van der Waals surface area contributed by atoms with E-state index in [0.717, 1.165) is 4.31 Å². The third-order valence-electron chi connectivity index (χ3n) is 3.13. The fraction of sp³-hybridized carbons (Fsp3) is 0.417. The Morgan fingerprint density at radius 3 is 2.43 bits per heavy atom. The summed E-state index contributed by atoms with van der Waals surface area (Å²) in [4.78, 5) is 9.93. The van der Waals surface area contributed by atoms with E-state index in [1.807, 2.05) is 0 Å². The molecular formula is C12H13F2NO5S. The first-order valence-electron chi connectivity index (χ1n) is 6.14. The van der Waals surface area contributed by atoms with Crippen LogP contribution in [0.4, 0.5) is 8.78 Å². The quantitative estimate of drug-likeness (QED) is 0.808. The highest BCUT2D eigenvalue weighted by molar-refractivity contribution is 7.89. The van der Waals surface area contributed by atoms with Crippen LogP contribution in [0.3, 0.4) is 0 Å². The summed E-state index contributed by atoms with van der Waals surface area (Å²) in [5.41, 5.74) is -1.31. The normalized spacial score (nSPS) is 15.4. The standard InChI is InChI=1S/C12H13F2NO5S/c13-8-3-4-9(11(14)10(8)12(17)18)21(19,20)15(5-6-16)7-1-2-7/h3-4,7,16H,1-2,5-6H2,(H,17,18). The molecule has 1 aliphatic carbocycles. The van der Waals surface area contributed by atoms with E-state index in [-0.39, 0.29) is 12.6 Å². The zero-order chi connectivity index (χ0) is 15.8. The SMILES string of the molecule is O=C(O)c1c(F)ccc(S(=O)(=O)N(CCO)C2CC2)c1F. The number of hydrogen-bond donors (Lipinski definition) is 2. The largest absolute Gasteiger partial charge is 0.477 e. The van der Waals surface area contributed by atoms with Gasteiger partial charge in [0.2, 0.25) is 10.0 Å². The first-order chi connectivity index (χ1) is 9.80. The van der Waals surface area contributed by atoms with Crippen molar-refractivity contribution in [3.63, 3.8) is 0 Å². The van der Waals surface area contributed by atoms with Crippen LogP contribution in [-0.4, -0.2) is 48.1 Å². The van der Waals surface area contributed by atoms with Crippen molar-refractivity contribution >= 4 is 16.0 Å². The smallest absolute Gasteiger partial charge is 0.341 e. The number of benzene rings is 1. The van der Waals surface area contributed by atoms with E-state index < -0.39 is 44.7 Å². The molecule has 9 heteroatoms. The van der Waals surface area contributed by atoms with Gasteiger partial charge in [0, 0.05) is 12.6 Å². The van der Waals surface area contributed by atoms with Crippen LogP contribution >= 0.6 is 0 Å². The van der Waals surface area contributed by atoms with E-state index in [0.29, 0.717) is 25.0 Å². The van der Waals surface area contributed by atoms with E-state index >= 15 is 0 Å². The van der Waals surface area contributed by atoms with Gasteiger partial charge >= 0.3 is 5.97 Å². The minimum Gasteiger partial charge on any atom is -0.477 e. The molecule has 0 radical (unpaired) electrons. The molecule has 0 atom stereocenters. The fourth-order valence-electron chi connectivity index (χ4n) is 2.02. The monoisotopic (exact) mass is 321 g/mol. The molecule has 1 aromatic rings. The van der Waals surface area contributed by atoms with Crippen molar-refractivity contribution in [3.05, 3.63) is 29.3 Å². The highest BCUT2D eigenvalue weighted by Gasteiger charge is 2.39. The number of halogens is 2. The number of carboxylic acid groups (broad SMARTS) is 1. The Kier molecular flexibility index (Phi) is 4.26. The molecule has 1 aromatic carbocycles. The van der Waals surface area contributed by atoms with Gasteiger partial charge in [-0.15, -0.1) is 0 Å². The molecule has 6 nitrogen and oxygen atoms in total. The van der Waals surface area contributed by atoms with Crippen LogP contribution in [0, 0.1) is 11.6 Å². The molecule has 1 saturated carbocycles. The maximum Gasteiger partial charge on any atom is 0.341 e. The van der Waals surface area contributed by atoms with Crippen molar-refractivity contribution < 1.29 is 32.2 Å². The maximum absolute atomic E-state index is 14.1. The summed E-state index contributed by atoms with van der Waals surface area (Å²) in [5.74, 6) is -4.87. The lowest BCUT2D eigenvalue weighted by atomic mass is 10.2. The van der Waals surface area contributed by atoms with E-state index in [1.165, 1.54) is 0 Å². The van der Waals surface area contributed by atoms with Gasteiger partial charge in [-0.25, -0.2) is 22.0 Å². The lowest BCUT2D eigenvalue weighted by molar-refractivity contribution is 0.0685. The van der Waals surface area contributed by atoms with Gasteiger partial charge in [0.25, 0.3) is 0 Å². The number of aromatic carboxylic acids is 1. The van der Waals surface area contributed by atoms with Crippen LogP contribution in [0.1, 0.15) is 23.2 Å². The Bertz CT molecular complexity index is 672. The van der Waals surface area contributed by atoms with Crippen LogP contribution in [0.15, 0.2) is 17.0 Å². The van der Waals surface area contributed by atoms with Crippen molar-refractivity contribution in [1.29, 1.82) is 0 Å². The van der Waals surface area contributed by atoms with Gasteiger partial charge in [0.1, 0.15) is 16.3 Å². The number of sulfonamides is 1. The van der Waals surface area contributed by atoms with Crippen molar-refractivity contribution in [2.75, 3.05) is 13.2 Å². The number of carbonyl (C=O) groups is 1. The van der Waals surface area contributed by atoms with Gasteiger partial charge in [-0.1, -0.05) is 0 Å². The van der Waals surface area contributed by atoms with E-state index in [9.17, 15) is 22.0 Å². The Labute approximate surface area is 119 Å². The Balaban J connectivity index is 2.54. The van der Waals surface area contributed by atoms with Crippen molar-refractivity contribution in [2.24, 2.45) is 0 Å². The number of nitrogens with zero attached hydrogens (tertiary/aromatic N) is 1. The minimum atomic E-state index is -4.34. The molecule has 2 N–H and O–H groups in total. The Morgan fingerprint density at radius 1 is 1.33 bits per heavy atom. The summed E-state index contributed by atoms with van der Waals surface area (Å²) in [6.07, 6.45) is 1.15. The highest BCUT2D eigenvalue weighted by Crippen LogP contribution is 2.33. The zero-order valence-electron chi connectivity index (χ0n) is 10.8. The van der Waals surface area contributed by atoms with Crippen LogP contribution in [0.5, 0.6) is 0 Å². The summed E-state index contributed by atoms with van der Waals surface area (Å²) >= 11 is 0. The molecule has 21 heavy (non-hydrogen) atoms. The second kappa shape index (κ2) is 5.66. The van der Waals surface area contributed by atoms with Gasteiger partial charge < -0.3 is 10.2 Å². The average Bonchev–Trinajstić information content (AvgIpc) is 3.19. The summed E-state index contributed by atoms with van der Waals surface area (Å²) < 4.78 is 53.0. The summed E-state index contributed by atoms with van der Waals surface area (Å²) in [6, 6.07) is 0.947. The number of aliphatic hydroxyl groups excluding tert-OH is 1. The maximum atomic E-state index is 14.1. The van der Waals surface area contributed by atoms with E-state index in [2.05, 4.69) is 0 Å². The van der Waals surface area contributed by atoms with Crippen LogP contribution < -0.4 is 0 Å². The predicted octanol–water partition coefficient (Wildman–Crippen LogP) is 0.808. The number of hydrogen-bond acceptors (Lipinski definition) is 4. The molecule has 1 fully saturated rings. The second-order valence-electron chi connectivity index (χ2n) is 4.61. The van der Waals surface area contributed by atoms with E-state index in [1.54, 1.807) is 0 Å². The number of carboxylic acids is 1. The predicted molar refractivity (Wildman–Crippen MR) is 67.3 cm³/mol. The summed E-state index contributed by atoms with van der Waals surface area (Å²) in [6.45, 7) is -0.684. The van der Waals surface area contributed by atoms with Crippen molar-refractivity contribution in [1.82, 2.24) is 4.31 Å². The fourth-order valence-corrected chi connectivity index (χ4v) is 3.76. The highest BCUT2D eigenvalue weighted by atomic mass is 32.2. The van der Waals surface area contributed by atoms with E-state index in [4.69, 9.17) is 10.2 Å². The average molecular weight is 321 g/mol. The lowest BCUT2D eigenvalue weighted by Crippen LogP contribution is -2.36. The number of aliphatic hydroxyl groups is 1. The summed E-state index contributed by atoms with van der Waals surface area (Å²) in [5, 5.41) is 17.7. The van der Waals surface area contributed by atoms with Crippen molar-refractivity contribution in [2.45, 2.75) is 23.8 Å². The first-order valence-corrected chi connectivity index (χ1v) is 7.58.